The molecule has 8 aromatic carbocycles. The second-order valence-corrected chi connectivity index (χ2v) is 12.2. The minimum Gasteiger partial charge on any atom is -0.456 e. The van der Waals surface area contributed by atoms with Gasteiger partial charge >= 0.3 is 0 Å². The van der Waals surface area contributed by atoms with Crippen LogP contribution in [-0.2, 0) is 0 Å². The van der Waals surface area contributed by atoms with Crippen molar-refractivity contribution in [2.24, 2.45) is 0 Å². The van der Waals surface area contributed by atoms with E-state index in [0.717, 1.165) is 60.9 Å². The summed E-state index contributed by atoms with van der Waals surface area (Å²) in [5, 5.41) is 9.26. The molecule has 0 N–H and O–H groups in total. The van der Waals surface area contributed by atoms with Crippen LogP contribution in [0.2, 0.25) is 0 Å². The van der Waals surface area contributed by atoms with Gasteiger partial charge in [0.25, 0.3) is 0 Å². The van der Waals surface area contributed by atoms with Crippen LogP contribution in [0.15, 0.2) is 173 Å². The quantitative estimate of drug-likeness (QED) is 0.201. The Morgan fingerprint density at radius 2 is 0.894 bits per heavy atom. The zero-order valence-corrected chi connectivity index (χ0v) is 25.4. The minimum atomic E-state index is 0.865. The smallest absolute Gasteiger partial charge is 0.137 e. The summed E-state index contributed by atoms with van der Waals surface area (Å²) in [5.74, 6) is 0. The third kappa shape index (κ3) is 4.14. The highest BCUT2D eigenvalue weighted by molar-refractivity contribution is 6.14. The van der Waals surface area contributed by atoms with Crippen molar-refractivity contribution in [3.63, 3.8) is 0 Å². The number of anilines is 3. The molecule has 3 nitrogen and oxygen atoms in total. The van der Waals surface area contributed by atoms with Crippen LogP contribution in [0.5, 0.6) is 0 Å². The van der Waals surface area contributed by atoms with Gasteiger partial charge in [-0.2, -0.15) is 0 Å². The largest absolute Gasteiger partial charge is 0.456 e. The monoisotopic (exact) mass is 601 g/mol. The average Bonchev–Trinajstić information content (AvgIpc) is 3.70. The van der Waals surface area contributed by atoms with Gasteiger partial charge in [0.15, 0.2) is 0 Å². The fourth-order valence-corrected chi connectivity index (χ4v) is 7.14. The van der Waals surface area contributed by atoms with Gasteiger partial charge in [-0.15, -0.1) is 0 Å². The Hall–Kier alpha value is -6.32. The maximum Gasteiger partial charge on any atom is 0.137 e. The van der Waals surface area contributed by atoms with E-state index in [4.69, 9.17) is 8.83 Å². The zero-order chi connectivity index (χ0) is 30.9. The summed E-state index contributed by atoms with van der Waals surface area (Å²) < 4.78 is 12.6. The van der Waals surface area contributed by atoms with E-state index in [1.165, 1.54) is 32.7 Å². The van der Waals surface area contributed by atoms with Crippen molar-refractivity contribution in [2.45, 2.75) is 0 Å². The molecule has 0 bridgehead atoms. The van der Waals surface area contributed by atoms with E-state index in [0.29, 0.717) is 0 Å². The number of furan rings is 2. The number of fused-ring (bicyclic) bond motifs is 8. The molecule has 0 aliphatic heterocycles. The molecule has 10 aromatic rings. The topological polar surface area (TPSA) is 29.5 Å². The average molecular weight is 602 g/mol. The van der Waals surface area contributed by atoms with E-state index in [-0.39, 0.29) is 0 Å². The summed E-state index contributed by atoms with van der Waals surface area (Å²) in [6.07, 6.45) is 0. The predicted molar refractivity (Wildman–Crippen MR) is 196 cm³/mol. The van der Waals surface area contributed by atoms with E-state index in [2.05, 4.69) is 144 Å². The normalized spacial score (nSPS) is 11.8. The minimum absolute atomic E-state index is 0.865. The van der Waals surface area contributed by atoms with Crippen molar-refractivity contribution in [1.29, 1.82) is 0 Å². The summed E-state index contributed by atoms with van der Waals surface area (Å²) in [4.78, 5) is 2.35. The van der Waals surface area contributed by atoms with Crippen molar-refractivity contribution >= 4 is 82.5 Å². The van der Waals surface area contributed by atoms with E-state index < -0.39 is 0 Å². The van der Waals surface area contributed by atoms with Crippen LogP contribution in [0, 0.1) is 0 Å². The lowest BCUT2D eigenvalue weighted by Crippen LogP contribution is -2.10. The lowest BCUT2D eigenvalue weighted by atomic mass is 9.98. The highest BCUT2D eigenvalue weighted by Crippen LogP contribution is 2.45. The first-order chi connectivity index (χ1) is 23.3. The highest BCUT2D eigenvalue weighted by atomic mass is 16.3. The van der Waals surface area contributed by atoms with Gasteiger partial charge in [0.05, 0.1) is 11.1 Å². The molecule has 220 valence electrons. The Balaban J connectivity index is 1.17. The van der Waals surface area contributed by atoms with Gasteiger partial charge in [-0.1, -0.05) is 97.1 Å². The summed E-state index contributed by atoms with van der Waals surface area (Å²) in [6.45, 7) is 0. The molecule has 0 saturated heterocycles. The number of benzene rings is 8. The molecule has 0 aliphatic rings. The van der Waals surface area contributed by atoms with Crippen LogP contribution in [0.1, 0.15) is 0 Å². The molecule has 0 unspecified atom stereocenters. The van der Waals surface area contributed by atoms with E-state index >= 15 is 0 Å². The predicted octanol–water partition coefficient (Wildman–Crippen LogP) is 12.9. The van der Waals surface area contributed by atoms with Crippen molar-refractivity contribution in [3.05, 3.63) is 164 Å². The lowest BCUT2D eigenvalue weighted by molar-refractivity contribution is 0.668. The molecule has 2 heterocycles. The van der Waals surface area contributed by atoms with Gasteiger partial charge in [-0.25, -0.2) is 0 Å². The fraction of sp³-hybridized carbons (Fsp3) is 0. The summed E-state index contributed by atoms with van der Waals surface area (Å²) in [7, 11) is 0. The van der Waals surface area contributed by atoms with Crippen molar-refractivity contribution in [3.8, 4) is 11.1 Å². The molecule has 0 saturated carbocycles. The fourth-order valence-electron chi connectivity index (χ4n) is 7.14. The van der Waals surface area contributed by atoms with Crippen molar-refractivity contribution in [2.75, 3.05) is 4.90 Å². The van der Waals surface area contributed by atoms with Crippen molar-refractivity contribution in [1.82, 2.24) is 0 Å². The number of nitrogens with zero attached hydrogens (tertiary/aromatic N) is 1. The summed E-state index contributed by atoms with van der Waals surface area (Å²) in [6, 6.07) is 58.1. The molecule has 10 rings (SSSR count). The van der Waals surface area contributed by atoms with Gasteiger partial charge in [0, 0.05) is 27.5 Å². The van der Waals surface area contributed by atoms with Gasteiger partial charge in [0.1, 0.15) is 22.3 Å². The second-order valence-electron chi connectivity index (χ2n) is 12.2. The molecule has 3 heteroatoms. The van der Waals surface area contributed by atoms with Gasteiger partial charge in [-0.3, -0.25) is 0 Å². The Morgan fingerprint density at radius 1 is 0.340 bits per heavy atom. The molecular weight excluding hydrogens is 574 g/mol. The number of hydrogen-bond acceptors (Lipinski definition) is 3. The van der Waals surface area contributed by atoms with Gasteiger partial charge < -0.3 is 13.7 Å². The van der Waals surface area contributed by atoms with Crippen LogP contribution in [-0.4, -0.2) is 0 Å². The molecule has 2 aromatic heterocycles. The third-order valence-electron chi connectivity index (χ3n) is 9.40. The molecular formula is C44H27NO2. The Morgan fingerprint density at radius 3 is 1.74 bits per heavy atom. The van der Waals surface area contributed by atoms with Gasteiger partial charge in [-0.05, 0) is 99.4 Å². The molecule has 0 aliphatic carbocycles. The molecule has 47 heavy (non-hydrogen) atoms. The maximum absolute atomic E-state index is 6.34. The van der Waals surface area contributed by atoms with E-state index in [1.54, 1.807) is 0 Å². The standard InChI is InChI=1S/C44H27NO2/c1-2-9-29-24-30(17-16-28(29)8-1)31-18-19-33-26-34(21-20-32(33)25-31)45(35-22-23-42-38(27-35)36-10-3-5-13-40(36)46-42)39-12-7-15-43-44(39)37-11-4-6-14-41(37)47-43/h1-27H. The molecule has 0 radical (unpaired) electrons. The van der Waals surface area contributed by atoms with Crippen LogP contribution >= 0.6 is 0 Å². The summed E-state index contributed by atoms with van der Waals surface area (Å²) in [5.41, 5.74) is 9.12. The molecule has 0 amide bonds. The highest BCUT2D eigenvalue weighted by Gasteiger charge is 2.21. The Bertz CT molecular complexity index is 2820. The number of hydrogen-bond donors (Lipinski definition) is 0. The van der Waals surface area contributed by atoms with Crippen LogP contribution in [0.25, 0.3) is 76.5 Å². The SMILES string of the molecule is c1ccc2cc(-c3ccc4cc(N(c5ccc6oc7ccccc7c6c5)c5cccc6oc7ccccc7c56)ccc4c3)ccc2c1. The first-order valence-corrected chi connectivity index (χ1v) is 15.9. The van der Waals surface area contributed by atoms with E-state index in [1.807, 2.05) is 24.3 Å². The third-order valence-corrected chi connectivity index (χ3v) is 9.40. The lowest BCUT2D eigenvalue weighted by Gasteiger charge is -2.26. The second kappa shape index (κ2) is 10.1. The van der Waals surface area contributed by atoms with Crippen molar-refractivity contribution < 1.29 is 8.83 Å². The van der Waals surface area contributed by atoms with Crippen LogP contribution < -0.4 is 4.90 Å². The molecule has 0 fully saturated rings. The van der Waals surface area contributed by atoms with E-state index in [9.17, 15) is 0 Å². The zero-order valence-electron chi connectivity index (χ0n) is 25.4. The first-order valence-electron chi connectivity index (χ1n) is 15.9. The number of rotatable bonds is 4. The van der Waals surface area contributed by atoms with Gasteiger partial charge in [0.2, 0.25) is 0 Å². The maximum atomic E-state index is 6.34. The molecule has 0 atom stereocenters. The first kappa shape index (κ1) is 26.0. The molecule has 0 spiro atoms. The van der Waals surface area contributed by atoms with Crippen LogP contribution in [0.3, 0.4) is 0 Å². The Kier molecular flexibility index (Phi) is 5.57. The Labute approximate surface area is 270 Å². The number of para-hydroxylation sites is 2. The summed E-state index contributed by atoms with van der Waals surface area (Å²) >= 11 is 0. The van der Waals surface area contributed by atoms with Crippen LogP contribution in [0.4, 0.5) is 17.1 Å².